The van der Waals surface area contributed by atoms with Crippen molar-refractivity contribution in [2.45, 2.75) is 19.9 Å². The van der Waals surface area contributed by atoms with Crippen molar-refractivity contribution in [3.63, 3.8) is 0 Å². The van der Waals surface area contributed by atoms with E-state index in [4.69, 9.17) is 0 Å². The molecule has 0 unspecified atom stereocenters. The van der Waals surface area contributed by atoms with Gasteiger partial charge in [-0.05, 0) is 6.92 Å². The number of aromatic nitrogens is 2. The van der Waals surface area contributed by atoms with Crippen molar-refractivity contribution in [3.8, 4) is 0 Å². The molecular formula is C6H7F2N2. The van der Waals surface area contributed by atoms with Gasteiger partial charge in [-0.25, -0.2) is 8.78 Å². The standard InChI is InChI=1S/C6H7F2N2/c1-5-2-3-9-10(5)4-6(7)8/h3,6H,4H2,1H3. The van der Waals surface area contributed by atoms with Crippen molar-refractivity contribution in [2.24, 2.45) is 0 Å². The SMILES string of the molecule is Cc1[c]cnn1CC(F)F. The Hall–Kier alpha value is -0.930. The molecule has 1 aromatic heterocycles. The van der Waals surface area contributed by atoms with Gasteiger partial charge in [0.05, 0.1) is 6.20 Å². The third-order valence-corrected chi connectivity index (χ3v) is 1.17. The largest absolute Gasteiger partial charge is 0.263 e. The lowest BCUT2D eigenvalue weighted by Crippen LogP contribution is -2.09. The smallest absolute Gasteiger partial charge is 0.257 e. The molecule has 1 radical (unpaired) electrons. The van der Waals surface area contributed by atoms with Gasteiger partial charge in [0.1, 0.15) is 6.54 Å². The van der Waals surface area contributed by atoms with Crippen molar-refractivity contribution >= 4 is 0 Å². The minimum absolute atomic E-state index is 0.338. The Morgan fingerprint density at radius 3 is 2.90 bits per heavy atom. The molecular weight excluding hydrogens is 138 g/mol. The minimum atomic E-state index is -2.34. The maximum atomic E-state index is 11.7. The highest BCUT2D eigenvalue weighted by atomic mass is 19.3. The van der Waals surface area contributed by atoms with Crippen molar-refractivity contribution < 1.29 is 8.78 Å². The summed E-state index contributed by atoms with van der Waals surface area (Å²) in [5, 5.41) is 3.64. The summed E-state index contributed by atoms with van der Waals surface area (Å²) in [5.41, 5.74) is 0.639. The highest BCUT2D eigenvalue weighted by molar-refractivity contribution is 4.93. The van der Waals surface area contributed by atoms with Crippen LogP contribution in [0.4, 0.5) is 8.78 Å². The van der Waals surface area contributed by atoms with E-state index in [2.05, 4.69) is 11.2 Å². The van der Waals surface area contributed by atoms with Gasteiger partial charge in [-0.2, -0.15) is 5.10 Å². The molecule has 0 fully saturated rings. The molecule has 1 rings (SSSR count). The Morgan fingerprint density at radius 1 is 1.80 bits per heavy atom. The van der Waals surface area contributed by atoms with Crippen LogP contribution in [0.3, 0.4) is 0 Å². The molecule has 0 aliphatic heterocycles. The predicted molar refractivity (Wildman–Crippen MR) is 31.8 cm³/mol. The second-order valence-corrected chi connectivity index (χ2v) is 1.95. The lowest BCUT2D eigenvalue weighted by molar-refractivity contribution is 0.121. The van der Waals surface area contributed by atoms with Crippen LogP contribution in [0.15, 0.2) is 6.20 Å². The van der Waals surface area contributed by atoms with Gasteiger partial charge in [-0.15, -0.1) is 0 Å². The molecule has 0 saturated carbocycles. The van der Waals surface area contributed by atoms with E-state index in [1.165, 1.54) is 10.9 Å². The number of rotatable bonds is 2. The zero-order valence-electron chi connectivity index (χ0n) is 5.51. The number of hydrogen-bond acceptors (Lipinski definition) is 1. The summed E-state index contributed by atoms with van der Waals surface area (Å²) in [5.74, 6) is 0. The van der Waals surface area contributed by atoms with Crippen molar-refractivity contribution in [2.75, 3.05) is 0 Å². The normalized spacial score (nSPS) is 10.8. The third kappa shape index (κ3) is 1.52. The fraction of sp³-hybridized carbons (Fsp3) is 0.500. The Bertz CT molecular complexity index is 207. The van der Waals surface area contributed by atoms with Crippen LogP contribution in [-0.2, 0) is 6.54 Å². The maximum absolute atomic E-state index is 11.7. The van der Waals surface area contributed by atoms with Gasteiger partial charge in [-0.3, -0.25) is 4.68 Å². The first-order valence-corrected chi connectivity index (χ1v) is 2.88. The van der Waals surface area contributed by atoms with Crippen LogP contribution in [0.5, 0.6) is 0 Å². The molecule has 1 heterocycles. The van der Waals surface area contributed by atoms with Gasteiger partial charge >= 0.3 is 0 Å². The van der Waals surface area contributed by atoms with Gasteiger partial charge < -0.3 is 0 Å². The lowest BCUT2D eigenvalue weighted by atomic mass is 10.5. The quantitative estimate of drug-likeness (QED) is 0.612. The zero-order valence-corrected chi connectivity index (χ0v) is 5.51. The van der Waals surface area contributed by atoms with Crippen LogP contribution in [0, 0.1) is 13.0 Å². The van der Waals surface area contributed by atoms with Crippen LogP contribution in [0.2, 0.25) is 0 Å². The number of aryl methyl sites for hydroxylation is 1. The van der Waals surface area contributed by atoms with Gasteiger partial charge in [0.2, 0.25) is 0 Å². The second-order valence-electron chi connectivity index (χ2n) is 1.95. The van der Waals surface area contributed by atoms with Gasteiger partial charge in [0.25, 0.3) is 6.43 Å². The monoisotopic (exact) mass is 145 g/mol. The minimum Gasteiger partial charge on any atom is -0.263 e. The first kappa shape index (κ1) is 7.18. The highest BCUT2D eigenvalue weighted by Gasteiger charge is 2.05. The molecule has 1 aromatic rings. The molecule has 0 aromatic carbocycles. The molecule has 0 atom stereocenters. The Balaban J connectivity index is 2.65. The molecule has 0 amide bonds. The molecule has 10 heavy (non-hydrogen) atoms. The average molecular weight is 145 g/mol. The van der Waals surface area contributed by atoms with Crippen molar-refractivity contribution in [1.82, 2.24) is 9.78 Å². The fourth-order valence-corrected chi connectivity index (χ4v) is 0.668. The first-order valence-electron chi connectivity index (χ1n) is 2.88. The maximum Gasteiger partial charge on any atom is 0.257 e. The van der Waals surface area contributed by atoms with Crippen LogP contribution in [0.25, 0.3) is 0 Å². The van der Waals surface area contributed by atoms with Gasteiger partial charge in [0, 0.05) is 11.8 Å². The van der Waals surface area contributed by atoms with Gasteiger partial charge in [-0.1, -0.05) is 0 Å². The van der Waals surface area contributed by atoms with E-state index in [1.807, 2.05) is 0 Å². The number of nitrogens with zero attached hydrogens (tertiary/aromatic N) is 2. The van der Waals surface area contributed by atoms with E-state index in [0.717, 1.165) is 0 Å². The summed E-state index contributed by atoms with van der Waals surface area (Å²) >= 11 is 0. The first-order chi connectivity index (χ1) is 4.70. The number of halogens is 2. The molecule has 2 nitrogen and oxygen atoms in total. The molecule has 55 valence electrons. The predicted octanol–water partition coefficient (Wildman–Crippen LogP) is 1.26. The van der Waals surface area contributed by atoms with E-state index in [-0.39, 0.29) is 6.54 Å². The van der Waals surface area contributed by atoms with Crippen LogP contribution >= 0.6 is 0 Å². The second kappa shape index (κ2) is 2.77. The molecule has 0 bridgehead atoms. The highest BCUT2D eigenvalue weighted by Crippen LogP contribution is 2.00. The summed E-state index contributed by atoms with van der Waals surface area (Å²) in [6.07, 6.45) is -0.954. The van der Waals surface area contributed by atoms with E-state index in [1.54, 1.807) is 6.92 Å². The fourth-order valence-electron chi connectivity index (χ4n) is 0.668. The molecule has 0 aliphatic carbocycles. The summed E-state index contributed by atoms with van der Waals surface area (Å²) in [6.45, 7) is 1.35. The van der Waals surface area contributed by atoms with Crippen LogP contribution in [0.1, 0.15) is 5.69 Å². The van der Waals surface area contributed by atoms with Crippen LogP contribution in [-0.4, -0.2) is 16.2 Å². The zero-order chi connectivity index (χ0) is 7.56. The summed E-state index contributed by atoms with van der Waals surface area (Å²) < 4.78 is 24.6. The van der Waals surface area contributed by atoms with Crippen molar-refractivity contribution in [1.29, 1.82) is 0 Å². The summed E-state index contributed by atoms with van der Waals surface area (Å²) in [6, 6.07) is 2.69. The van der Waals surface area contributed by atoms with E-state index in [0.29, 0.717) is 5.69 Å². The van der Waals surface area contributed by atoms with Crippen molar-refractivity contribution in [3.05, 3.63) is 18.0 Å². The van der Waals surface area contributed by atoms with E-state index in [9.17, 15) is 8.78 Å². The Kier molecular flexibility index (Phi) is 1.99. The third-order valence-electron chi connectivity index (χ3n) is 1.17. The Morgan fingerprint density at radius 2 is 2.50 bits per heavy atom. The molecule has 0 spiro atoms. The summed E-state index contributed by atoms with van der Waals surface area (Å²) in [7, 11) is 0. The lowest BCUT2D eigenvalue weighted by Gasteiger charge is -2.00. The van der Waals surface area contributed by atoms with E-state index >= 15 is 0 Å². The van der Waals surface area contributed by atoms with Crippen LogP contribution < -0.4 is 0 Å². The summed E-state index contributed by atoms with van der Waals surface area (Å²) in [4.78, 5) is 0. The van der Waals surface area contributed by atoms with Gasteiger partial charge in [0.15, 0.2) is 0 Å². The Labute approximate surface area is 57.5 Å². The van der Waals surface area contributed by atoms with E-state index < -0.39 is 6.43 Å². The topological polar surface area (TPSA) is 17.8 Å². The molecule has 0 saturated heterocycles. The molecule has 0 aliphatic rings. The molecule has 0 N–H and O–H groups in total. The average Bonchev–Trinajstić information content (AvgIpc) is 2.15. The molecule has 4 heteroatoms. The number of hydrogen-bond donors (Lipinski definition) is 0. The number of alkyl halides is 2.